The van der Waals surface area contributed by atoms with Gasteiger partial charge < -0.3 is 19.9 Å². The molecule has 2 heterocycles. The van der Waals surface area contributed by atoms with Gasteiger partial charge in [0.1, 0.15) is 0 Å². The van der Waals surface area contributed by atoms with E-state index in [1.165, 1.54) is 6.20 Å². The number of fused-ring (bicyclic) bond motifs is 1. The summed E-state index contributed by atoms with van der Waals surface area (Å²) in [5, 5.41) is 12.0. The van der Waals surface area contributed by atoms with Crippen LogP contribution in [0.4, 0.5) is 5.95 Å². The molecule has 0 saturated carbocycles. The zero-order valence-electron chi connectivity index (χ0n) is 11.3. The molecule has 0 amide bonds. The number of benzene rings is 1. The summed E-state index contributed by atoms with van der Waals surface area (Å²) in [5.74, 6) is 0.800. The van der Waals surface area contributed by atoms with Gasteiger partial charge in [-0.25, -0.2) is 14.8 Å². The molecule has 0 unspecified atom stereocenters. The predicted molar refractivity (Wildman–Crippen MR) is 73.6 cm³/mol. The number of hydrogen-bond acceptors (Lipinski definition) is 6. The number of anilines is 1. The number of aromatic nitrogens is 2. The largest absolute Gasteiger partial charge is 0.478 e. The second-order valence-corrected chi connectivity index (χ2v) is 4.54. The first kappa shape index (κ1) is 13.2. The van der Waals surface area contributed by atoms with E-state index in [4.69, 9.17) is 14.6 Å². The Morgan fingerprint density at radius 2 is 2.19 bits per heavy atom. The molecule has 0 spiro atoms. The molecule has 0 fully saturated rings. The van der Waals surface area contributed by atoms with Crippen LogP contribution < -0.4 is 14.8 Å². The van der Waals surface area contributed by atoms with Crippen molar-refractivity contribution in [2.24, 2.45) is 0 Å². The highest BCUT2D eigenvalue weighted by molar-refractivity contribution is 5.88. The summed E-state index contributed by atoms with van der Waals surface area (Å²) in [6.45, 7) is 2.38. The van der Waals surface area contributed by atoms with Gasteiger partial charge in [0.25, 0.3) is 0 Å². The number of ether oxygens (including phenoxy) is 2. The maximum atomic E-state index is 10.9. The van der Waals surface area contributed by atoms with Crippen LogP contribution in [0.25, 0.3) is 0 Å². The van der Waals surface area contributed by atoms with Crippen LogP contribution >= 0.6 is 0 Å². The fourth-order valence-electron chi connectivity index (χ4n) is 1.99. The number of aryl methyl sites for hydroxylation is 1. The van der Waals surface area contributed by atoms with Crippen molar-refractivity contribution in [3.05, 3.63) is 41.2 Å². The summed E-state index contributed by atoms with van der Waals surface area (Å²) < 4.78 is 10.6. The number of hydrogen-bond donors (Lipinski definition) is 2. The SMILES string of the molecule is Cc1nc(NCc2ccc3c(c2)OCO3)ncc1C(=O)O. The number of nitrogens with one attached hydrogen (secondary N) is 1. The third kappa shape index (κ3) is 2.71. The van der Waals surface area contributed by atoms with Crippen LogP contribution in [0.2, 0.25) is 0 Å². The summed E-state index contributed by atoms with van der Waals surface area (Å²) in [4.78, 5) is 19.0. The van der Waals surface area contributed by atoms with Crippen molar-refractivity contribution in [2.75, 3.05) is 12.1 Å². The molecule has 2 aromatic rings. The van der Waals surface area contributed by atoms with Crippen molar-refractivity contribution in [1.82, 2.24) is 9.97 Å². The van der Waals surface area contributed by atoms with Crippen molar-refractivity contribution < 1.29 is 19.4 Å². The van der Waals surface area contributed by atoms with Gasteiger partial charge in [0, 0.05) is 12.7 Å². The lowest BCUT2D eigenvalue weighted by molar-refractivity contribution is 0.0695. The molecule has 1 aliphatic rings. The molecular weight excluding hydrogens is 274 g/mol. The maximum Gasteiger partial charge on any atom is 0.339 e. The Balaban J connectivity index is 1.70. The van der Waals surface area contributed by atoms with Gasteiger partial charge in [-0.1, -0.05) is 6.07 Å². The Kier molecular flexibility index (Phi) is 3.31. The average Bonchev–Trinajstić information content (AvgIpc) is 2.92. The Hall–Kier alpha value is -2.83. The standard InChI is InChI=1S/C14H13N3O4/c1-8-10(13(18)19)6-16-14(17-8)15-5-9-2-3-11-12(4-9)21-7-20-11/h2-4,6H,5,7H2,1H3,(H,18,19)(H,15,16,17). The van der Waals surface area contributed by atoms with Crippen LogP contribution in [-0.4, -0.2) is 27.8 Å². The fraction of sp³-hybridized carbons (Fsp3) is 0.214. The van der Waals surface area contributed by atoms with E-state index in [1.807, 2.05) is 18.2 Å². The van der Waals surface area contributed by atoms with Crippen LogP contribution in [0.3, 0.4) is 0 Å². The molecule has 7 nitrogen and oxygen atoms in total. The van der Waals surface area contributed by atoms with Gasteiger partial charge >= 0.3 is 5.97 Å². The normalized spacial score (nSPS) is 12.2. The zero-order chi connectivity index (χ0) is 14.8. The highest BCUT2D eigenvalue weighted by Gasteiger charge is 2.13. The van der Waals surface area contributed by atoms with Crippen molar-refractivity contribution >= 4 is 11.9 Å². The van der Waals surface area contributed by atoms with Crippen LogP contribution in [-0.2, 0) is 6.54 Å². The molecule has 0 saturated heterocycles. The van der Waals surface area contributed by atoms with Crippen molar-refractivity contribution in [2.45, 2.75) is 13.5 Å². The van der Waals surface area contributed by atoms with E-state index in [9.17, 15) is 4.79 Å². The summed E-state index contributed by atoms with van der Waals surface area (Å²) in [6.07, 6.45) is 1.30. The number of nitrogens with zero attached hydrogens (tertiary/aromatic N) is 2. The monoisotopic (exact) mass is 287 g/mol. The van der Waals surface area contributed by atoms with E-state index in [0.29, 0.717) is 23.9 Å². The summed E-state index contributed by atoms with van der Waals surface area (Å²) >= 11 is 0. The Labute approximate surface area is 120 Å². The minimum atomic E-state index is -1.03. The van der Waals surface area contributed by atoms with Gasteiger partial charge in [-0.2, -0.15) is 0 Å². The van der Waals surface area contributed by atoms with Gasteiger partial charge in [-0.15, -0.1) is 0 Å². The molecule has 1 aromatic heterocycles. The fourth-order valence-corrected chi connectivity index (χ4v) is 1.99. The minimum absolute atomic E-state index is 0.101. The number of aromatic carboxylic acids is 1. The van der Waals surface area contributed by atoms with Gasteiger partial charge in [0.15, 0.2) is 11.5 Å². The van der Waals surface area contributed by atoms with Crippen molar-refractivity contribution in [3.63, 3.8) is 0 Å². The Morgan fingerprint density at radius 3 is 2.95 bits per heavy atom. The van der Waals surface area contributed by atoms with Crippen LogP contribution in [0, 0.1) is 6.92 Å². The third-order valence-electron chi connectivity index (χ3n) is 3.10. The quantitative estimate of drug-likeness (QED) is 0.885. The van der Waals surface area contributed by atoms with Gasteiger partial charge in [-0.05, 0) is 24.6 Å². The van der Waals surface area contributed by atoms with E-state index < -0.39 is 5.97 Å². The van der Waals surface area contributed by atoms with E-state index in [-0.39, 0.29) is 12.4 Å². The number of rotatable bonds is 4. The minimum Gasteiger partial charge on any atom is -0.478 e. The molecule has 0 radical (unpaired) electrons. The van der Waals surface area contributed by atoms with Crippen LogP contribution in [0.5, 0.6) is 11.5 Å². The van der Waals surface area contributed by atoms with Gasteiger partial charge in [-0.3, -0.25) is 0 Å². The zero-order valence-corrected chi connectivity index (χ0v) is 11.3. The average molecular weight is 287 g/mol. The van der Waals surface area contributed by atoms with Crippen molar-refractivity contribution in [1.29, 1.82) is 0 Å². The first-order chi connectivity index (χ1) is 10.1. The van der Waals surface area contributed by atoms with E-state index in [2.05, 4.69) is 15.3 Å². The smallest absolute Gasteiger partial charge is 0.339 e. The molecule has 21 heavy (non-hydrogen) atoms. The third-order valence-corrected chi connectivity index (χ3v) is 3.10. The molecule has 0 atom stereocenters. The number of carboxylic acids is 1. The molecule has 1 aliphatic heterocycles. The lowest BCUT2D eigenvalue weighted by atomic mass is 10.2. The highest BCUT2D eigenvalue weighted by Crippen LogP contribution is 2.32. The van der Waals surface area contributed by atoms with Gasteiger partial charge in [0.05, 0.1) is 11.3 Å². The number of carboxylic acid groups (broad SMARTS) is 1. The van der Waals surface area contributed by atoms with E-state index in [1.54, 1.807) is 6.92 Å². The van der Waals surface area contributed by atoms with E-state index >= 15 is 0 Å². The first-order valence-corrected chi connectivity index (χ1v) is 6.33. The first-order valence-electron chi connectivity index (χ1n) is 6.33. The lowest BCUT2D eigenvalue weighted by Crippen LogP contribution is -2.08. The summed E-state index contributed by atoms with van der Waals surface area (Å²) in [5.41, 5.74) is 1.51. The molecule has 0 aliphatic carbocycles. The van der Waals surface area contributed by atoms with E-state index in [0.717, 1.165) is 11.3 Å². The molecule has 0 bridgehead atoms. The molecular formula is C14H13N3O4. The molecule has 1 aromatic carbocycles. The topological polar surface area (TPSA) is 93.6 Å². The lowest BCUT2D eigenvalue weighted by Gasteiger charge is -2.07. The summed E-state index contributed by atoms with van der Waals surface area (Å²) in [7, 11) is 0. The predicted octanol–water partition coefficient (Wildman–Crippen LogP) is 1.82. The highest BCUT2D eigenvalue weighted by atomic mass is 16.7. The molecule has 7 heteroatoms. The molecule has 108 valence electrons. The second-order valence-electron chi connectivity index (χ2n) is 4.54. The maximum absolute atomic E-state index is 10.9. The Morgan fingerprint density at radius 1 is 1.38 bits per heavy atom. The van der Waals surface area contributed by atoms with Crippen molar-refractivity contribution in [3.8, 4) is 11.5 Å². The van der Waals surface area contributed by atoms with Crippen LogP contribution in [0.1, 0.15) is 21.6 Å². The molecule has 2 N–H and O–H groups in total. The summed E-state index contributed by atoms with van der Waals surface area (Å²) in [6, 6.07) is 5.64. The van der Waals surface area contributed by atoms with Crippen LogP contribution in [0.15, 0.2) is 24.4 Å². The Bertz CT molecular complexity index is 703. The second kappa shape index (κ2) is 5.28. The van der Waals surface area contributed by atoms with Gasteiger partial charge in [0.2, 0.25) is 12.7 Å². The number of carbonyl (C=O) groups is 1. The molecule has 3 rings (SSSR count).